The zero-order valence-electron chi connectivity index (χ0n) is 15.4. The molecule has 0 aromatic heterocycles. The molecular weight excluding hydrogens is 432 g/mol. The molecular formula is C20H19ClN2O4S2. The van der Waals surface area contributed by atoms with E-state index in [0.717, 1.165) is 11.3 Å². The maximum atomic E-state index is 12.2. The van der Waals surface area contributed by atoms with Gasteiger partial charge in [0.2, 0.25) is 0 Å². The van der Waals surface area contributed by atoms with Crippen molar-refractivity contribution in [2.24, 2.45) is 4.99 Å². The van der Waals surface area contributed by atoms with Crippen LogP contribution in [0.2, 0.25) is 5.02 Å². The number of carbonyl (C=O) groups excluding carboxylic acids is 1. The van der Waals surface area contributed by atoms with Crippen LogP contribution in [-0.4, -0.2) is 48.9 Å². The number of rotatable bonds is 5. The standard InChI is InChI=1S/C20H19ClN2O4S2/c21-15-7-4-8-16(9-15)23-18-13-29(25,26)12-17(18)22-20(23)28-11-19(24)27-10-14-5-2-1-3-6-14/h1-9,17-18H,10-13H2. The SMILES string of the molecule is O=C(CSC1=NC2CS(=O)(=O)CC2N1c1cccc(Cl)c1)OCc1ccccc1. The van der Waals surface area contributed by atoms with Gasteiger partial charge in [-0.05, 0) is 23.8 Å². The van der Waals surface area contributed by atoms with Crippen molar-refractivity contribution in [1.29, 1.82) is 0 Å². The maximum Gasteiger partial charge on any atom is 0.316 e. The van der Waals surface area contributed by atoms with Gasteiger partial charge in [0.15, 0.2) is 15.0 Å². The van der Waals surface area contributed by atoms with Crippen LogP contribution in [0.15, 0.2) is 59.6 Å². The van der Waals surface area contributed by atoms with Crippen LogP contribution in [-0.2, 0) is 26.0 Å². The summed E-state index contributed by atoms with van der Waals surface area (Å²) in [5.41, 5.74) is 1.69. The maximum absolute atomic E-state index is 12.2. The van der Waals surface area contributed by atoms with Crippen LogP contribution in [0.3, 0.4) is 0 Å². The predicted octanol–water partition coefficient (Wildman–Crippen LogP) is 3.16. The number of benzene rings is 2. The van der Waals surface area contributed by atoms with Gasteiger partial charge in [-0.25, -0.2) is 8.42 Å². The number of ether oxygens (including phenoxy) is 1. The molecule has 2 aromatic rings. The van der Waals surface area contributed by atoms with Crippen LogP contribution in [0.1, 0.15) is 5.56 Å². The lowest BCUT2D eigenvalue weighted by Gasteiger charge is -2.26. The summed E-state index contributed by atoms with van der Waals surface area (Å²) in [6, 6.07) is 16.1. The molecule has 0 saturated carbocycles. The summed E-state index contributed by atoms with van der Waals surface area (Å²) in [4.78, 5) is 18.7. The second-order valence-electron chi connectivity index (χ2n) is 6.91. The van der Waals surface area contributed by atoms with E-state index in [0.29, 0.717) is 10.2 Å². The van der Waals surface area contributed by atoms with Gasteiger partial charge < -0.3 is 9.64 Å². The third kappa shape index (κ3) is 4.76. The van der Waals surface area contributed by atoms with E-state index < -0.39 is 9.84 Å². The Hall–Kier alpha value is -2.03. The van der Waals surface area contributed by atoms with Gasteiger partial charge in [-0.1, -0.05) is 59.8 Å². The number of carbonyl (C=O) groups is 1. The summed E-state index contributed by atoms with van der Waals surface area (Å²) in [6.07, 6.45) is 0. The number of sulfone groups is 1. The van der Waals surface area contributed by atoms with E-state index in [4.69, 9.17) is 16.3 Å². The number of nitrogens with zero attached hydrogens (tertiary/aromatic N) is 2. The first kappa shape index (κ1) is 20.3. The van der Waals surface area contributed by atoms with Gasteiger partial charge in [-0.2, -0.15) is 0 Å². The lowest BCUT2D eigenvalue weighted by atomic mass is 10.1. The molecule has 152 valence electrons. The molecule has 6 nitrogen and oxygen atoms in total. The number of aliphatic imine (C=N–C) groups is 1. The first-order valence-electron chi connectivity index (χ1n) is 9.07. The highest BCUT2D eigenvalue weighted by Gasteiger charge is 2.47. The molecule has 0 amide bonds. The lowest BCUT2D eigenvalue weighted by molar-refractivity contribution is -0.141. The fourth-order valence-corrected chi connectivity index (χ4v) is 6.41. The van der Waals surface area contributed by atoms with Crippen molar-refractivity contribution in [3.05, 3.63) is 65.2 Å². The van der Waals surface area contributed by atoms with E-state index in [1.807, 2.05) is 47.4 Å². The average molecular weight is 451 g/mol. The summed E-state index contributed by atoms with van der Waals surface area (Å²) in [5, 5.41) is 1.17. The highest BCUT2D eigenvalue weighted by molar-refractivity contribution is 8.14. The van der Waals surface area contributed by atoms with E-state index in [2.05, 4.69) is 4.99 Å². The highest BCUT2D eigenvalue weighted by atomic mass is 35.5. The molecule has 0 bridgehead atoms. The van der Waals surface area contributed by atoms with Crippen LogP contribution in [0.5, 0.6) is 0 Å². The number of anilines is 1. The molecule has 2 aliphatic rings. The van der Waals surface area contributed by atoms with Crippen LogP contribution >= 0.6 is 23.4 Å². The molecule has 2 unspecified atom stereocenters. The zero-order valence-corrected chi connectivity index (χ0v) is 17.8. The minimum Gasteiger partial charge on any atom is -0.460 e. The molecule has 0 spiro atoms. The Morgan fingerprint density at radius 1 is 1.17 bits per heavy atom. The van der Waals surface area contributed by atoms with Crippen LogP contribution in [0.4, 0.5) is 5.69 Å². The summed E-state index contributed by atoms with van der Waals surface area (Å²) < 4.78 is 29.5. The highest BCUT2D eigenvalue weighted by Crippen LogP contribution is 2.35. The molecule has 2 aromatic carbocycles. The quantitative estimate of drug-likeness (QED) is 0.651. The van der Waals surface area contributed by atoms with E-state index in [-0.39, 0.29) is 41.9 Å². The van der Waals surface area contributed by atoms with E-state index in [1.165, 1.54) is 11.8 Å². The fourth-order valence-electron chi connectivity index (χ4n) is 3.46. The molecule has 0 aliphatic carbocycles. The number of esters is 1. The van der Waals surface area contributed by atoms with Crippen LogP contribution < -0.4 is 4.90 Å². The molecule has 1 fully saturated rings. The van der Waals surface area contributed by atoms with Crippen molar-refractivity contribution >= 4 is 50.0 Å². The topological polar surface area (TPSA) is 76.0 Å². The van der Waals surface area contributed by atoms with E-state index in [1.54, 1.807) is 12.1 Å². The second-order valence-corrected chi connectivity index (χ2v) is 10.4. The molecule has 1 saturated heterocycles. The summed E-state index contributed by atoms with van der Waals surface area (Å²) in [5.74, 6) is -0.195. The number of hydrogen-bond acceptors (Lipinski definition) is 7. The Morgan fingerprint density at radius 2 is 1.97 bits per heavy atom. The average Bonchev–Trinajstić information content (AvgIpc) is 3.16. The minimum absolute atomic E-state index is 0.0250. The van der Waals surface area contributed by atoms with Gasteiger partial charge in [0.25, 0.3) is 0 Å². The van der Waals surface area contributed by atoms with Crippen molar-refractivity contribution in [3.63, 3.8) is 0 Å². The molecule has 29 heavy (non-hydrogen) atoms. The monoisotopic (exact) mass is 450 g/mol. The Kier molecular flexibility index (Phi) is 5.85. The van der Waals surface area contributed by atoms with Crippen molar-refractivity contribution < 1.29 is 17.9 Å². The Balaban J connectivity index is 1.45. The number of amidine groups is 1. The molecule has 2 aliphatic heterocycles. The second kappa shape index (κ2) is 8.38. The summed E-state index contributed by atoms with van der Waals surface area (Å²) in [7, 11) is -3.13. The summed E-state index contributed by atoms with van der Waals surface area (Å²) in [6.45, 7) is 0.216. The van der Waals surface area contributed by atoms with Crippen LogP contribution in [0.25, 0.3) is 0 Å². The molecule has 9 heteroatoms. The summed E-state index contributed by atoms with van der Waals surface area (Å²) >= 11 is 7.39. The van der Waals surface area contributed by atoms with Crippen molar-refractivity contribution in [2.45, 2.75) is 18.7 Å². The molecule has 4 rings (SSSR count). The predicted molar refractivity (Wildman–Crippen MR) is 116 cm³/mol. The first-order chi connectivity index (χ1) is 13.9. The van der Waals surface area contributed by atoms with Crippen LogP contribution in [0, 0.1) is 0 Å². The van der Waals surface area contributed by atoms with Gasteiger partial charge >= 0.3 is 5.97 Å². The number of thioether (sulfide) groups is 1. The minimum atomic E-state index is -3.13. The smallest absolute Gasteiger partial charge is 0.316 e. The number of hydrogen-bond donors (Lipinski definition) is 0. The normalized spacial score (nSPS) is 22.2. The largest absolute Gasteiger partial charge is 0.460 e. The first-order valence-corrected chi connectivity index (χ1v) is 12.3. The Labute approximate surface area is 178 Å². The third-order valence-electron chi connectivity index (χ3n) is 4.76. The Morgan fingerprint density at radius 3 is 2.72 bits per heavy atom. The molecule has 0 radical (unpaired) electrons. The number of halogens is 1. The van der Waals surface area contributed by atoms with Crippen molar-refractivity contribution in [1.82, 2.24) is 0 Å². The lowest BCUT2D eigenvalue weighted by Crippen LogP contribution is -2.39. The Bertz CT molecular complexity index is 1040. The van der Waals surface area contributed by atoms with E-state index >= 15 is 0 Å². The zero-order chi connectivity index (χ0) is 20.4. The van der Waals surface area contributed by atoms with Gasteiger partial charge in [-0.15, -0.1) is 0 Å². The third-order valence-corrected chi connectivity index (χ3v) is 7.63. The van der Waals surface area contributed by atoms with Gasteiger partial charge in [-0.3, -0.25) is 9.79 Å². The van der Waals surface area contributed by atoms with E-state index in [9.17, 15) is 13.2 Å². The van der Waals surface area contributed by atoms with Gasteiger partial charge in [0, 0.05) is 10.7 Å². The molecule has 2 atom stereocenters. The van der Waals surface area contributed by atoms with Gasteiger partial charge in [0.05, 0.1) is 29.3 Å². The number of fused-ring (bicyclic) bond motifs is 1. The van der Waals surface area contributed by atoms with Crippen molar-refractivity contribution in [3.8, 4) is 0 Å². The molecule has 0 N–H and O–H groups in total. The van der Waals surface area contributed by atoms with Gasteiger partial charge in [0.1, 0.15) is 6.61 Å². The fraction of sp³-hybridized carbons (Fsp3) is 0.300. The van der Waals surface area contributed by atoms with Crippen molar-refractivity contribution in [2.75, 3.05) is 22.2 Å². The molecule has 2 heterocycles.